The van der Waals surface area contributed by atoms with Crippen LogP contribution in [0.1, 0.15) is 16.1 Å². The van der Waals surface area contributed by atoms with Crippen LogP contribution in [0, 0.1) is 0 Å². The van der Waals surface area contributed by atoms with E-state index < -0.39 is 0 Å². The number of nitrogens with zero attached hydrogens (tertiary/aromatic N) is 3. The Bertz CT molecular complexity index is 1250. The van der Waals surface area contributed by atoms with Gasteiger partial charge in [-0.25, -0.2) is 4.98 Å². The third-order valence-corrected chi connectivity index (χ3v) is 5.34. The number of aromatic nitrogens is 3. The lowest BCUT2D eigenvalue weighted by atomic mass is 10.2. The normalized spacial score (nSPS) is 10.8. The number of carbonyl (C=O) groups is 1. The summed E-state index contributed by atoms with van der Waals surface area (Å²) in [5.74, 6) is 0.404. The largest absolute Gasteiger partial charge is 0.497 e. The number of hydrogen-bond donors (Lipinski definition) is 1. The van der Waals surface area contributed by atoms with Gasteiger partial charge in [0, 0.05) is 22.2 Å². The molecule has 7 nitrogen and oxygen atoms in total. The molecule has 146 valence electrons. The summed E-state index contributed by atoms with van der Waals surface area (Å²) in [6, 6.07) is 15.3. The van der Waals surface area contributed by atoms with Gasteiger partial charge < -0.3 is 10.1 Å². The van der Waals surface area contributed by atoms with Gasteiger partial charge in [-0.2, -0.15) is 9.61 Å². The Morgan fingerprint density at radius 2 is 2.00 bits per heavy atom. The van der Waals surface area contributed by atoms with Gasteiger partial charge in [0.2, 0.25) is 4.96 Å². The lowest BCUT2D eigenvalue weighted by Crippen LogP contribution is -2.25. The molecule has 2 aromatic heterocycles. The van der Waals surface area contributed by atoms with Gasteiger partial charge in [0.15, 0.2) is 0 Å². The second-order valence-electron chi connectivity index (χ2n) is 6.11. The van der Waals surface area contributed by atoms with E-state index in [1.807, 2.05) is 12.1 Å². The number of hydrogen-bond acceptors (Lipinski definition) is 6. The maximum absolute atomic E-state index is 12.4. The molecule has 0 aliphatic heterocycles. The quantitative estimate of drug-likeness (QED) is 0.528. The summed E-state index contributed by atoms with van der Waals surface area (Å²) in [5, 5.41) is 8.32. The summed E-state index contributed by atoms with van der Waals surface area (Å²) >= 11 is 7.31. The molecular weight excluding hydrogens is 412 g/mol. The molecule has 2 heterocycles. The van der Waals surface area contributed by atoms with Gasteiger partial charge in [-0.3, -0.25) is 9.59 Å². The molecule has 0 bridgehead atoms. The van der Waals surface area contributed by atoms with Crippen molar-refractivity contribution in [1.82, 2.24) is 19.9 Å². The van der Waals surface area contributed by atoms with Crippen molar-refractivity contribution in [2.24, 2.45) is 0 Å². The van der Waals surface area contributed by atoms with Crippen molar-refractivity contribution in [2.45, 2.75) is 6.54 Å². The first-order valence-corrected chi connectivity index (χ1v) is 9.81. The van der Waals surface area contributed by atoms with Crippen molar-refractivity contribution in [3.63, 3.8) is 0 Å². The van der Waals surface area contributed by atoms with E-state index in [-0.39, 0.29) is 18.0 Å². The first-order chi connectivity index (χ1) is 14.0. The van der Waals surface area contributed by atoms with E-state index in [4.69, 9.17) is 16.3 Å². The zero-order valence-corrected chi connectivity index (χ0v) is 16.8. The summed E-state index contributed by atoms with van der Waals surface area (Å²) in [7, 11) is 1.56. The molecule has 29 heavy (non-hydrogen) atoms. The standard InChI is InChI=1S/C20H15ClN4O3S/c1-28-16-7-5-12(6-8-16)18(27)22-11-15-10-17(26)25-20(23-15)29-19(24-25)13-3-2-4-14(21)9-13/h2-10H,11H2,1H3,(H,22,27). The first kappa shape index (κ1) is 19.1. The van der Waals surface area contributed by atoms with Crippen LogP contribution in [-0.2, 0) is 6.54 Å². The summed E-state index contributed by atoms with van der Waals surface area (Å²) in [6.45, 7) is 0.126. The monoisotopic (exact) mass is 426 g/mol. The number of carbonyl (C=O) groups excluding carboxylic acids is 1. The Kier molecular flexibility index (Phi) is 5.28. The van der Waals surface area contributed by atoms with E-state index in [0.717, 1.165) is 5.56 Å². The van der Waals surface area contributed by atoms with E-state index in [1.165, 1.54) is 21.9 Å². The van der Waals surface area contributed by atoms with Crippen molar-refractivity contribution >= 4 is 33.8 Å². The minimum atomic E-state index is -0.312. The second-order valence-corrected chi connectivity index (χ2v) is 7.50. The Balaban J connectivity index is 1.55. The van der Waals surface area contributed by atoms with Crippen LogP contribution in [0.4, 0.5) is 0 Å². The first-order valence-electron chi connectivity index (χ1n) is 8.61. The highest BCUT2D eigenvalue weighted by atomic mass is 35.5. The minimum absolute atomic E-state index is 0.126. The van der Waals surface area contributed by atoms with Crippen LogP contribution < -0.4 is 15.6 Å². The molecule has 0 spiro atoms. The van der Waals surface area contributed by atoms with Crippen LogP contribution in [0.2, 0.25) is 5.02 Å². The summed E-state index contributed by atoms with van der Waals surface area (Å²) in [6.07, 6.45) is 0. The van der Waals surface area contributed by atoms with Gasteiger partial charge in [-0.05, 0) is 36.4 Å². The van der Waals surface area contributed by atoms with Crippen LogP contribution >= 0.6 is 22.9 Å². The zero-order chi connectivity index (χ0) is 20.4. The van der Waals surface area contributed by atoms with Crippen LogP contribution in [0.15, 0.2) is 59.4 Å². The van der Waals surface area contributed by atoms with Crippen LogP contribution in [-0.4, -0.2) is 27.6 Å². The van der Waals surface area contributed by atoms with E-state index in [9.17, 15) is 9.59 Å². The fourth-order valence-electron chi connectivity index (χ4n) is 2.70. The van der Waals surface area contributed by atoms with Gasteiger partial charge in [0.25, 0.3) is 11.5 Å². The van der Waals surface area contributed by atoms with E-state index >= 15 is 0 Å². The van der Waals surface area contributed by atoms with Gasteiger partial charge in [-0.15, -0.1) is 0 Å². The van der Waals surface area contributed by atoms with Crippen molar-refractivity contribution < 1.29 is 9.53 Å². The third-order valence-electron chi connectivity index (χ3n) is 4.15. The Labute approximate surface area is 174 Å². The predicted octanol–water partition coefficient (Wildman–Crippen LogP) is 3.41. The highest BCUT2D eigenvalue weighted by Crippen LogP contribution is 2.26. The molecule has 4 rings (SSSR count). The Hall–Kier alpha value is -3.23. The number of halogens is 1. The molecular formula is C20H15ClN4O3S. The van der Waals surface area contributed by atoms with E-state index in [1.54, 1.807) is 43.5 Å². The van der Waals surface area contributed by atoms with Gasteiger partial charge in [-0.1, -0.05) is 35.1 Å². The molecule has 0 radical (unpaired) electrons. The molecule has 4 aromatic rings. The molecule has 2 aromatic carbocycles. The molecule has 0 saturated carbocycles. The molecule has 1 amide bonds. The average Bonchev–Trinajstić information content (AvgIpc) is 3.17. The average molecular weight is 427 g/mol. The minimum Gasteiger partial charge on any atom is -0.497 e. The number of nitrogens with one attached hydrogen (secondary N) is 1. The number of benzene rings is 2. The number of rotatable bonds is 5. The van der Waals surface area contributed by atoms with E-state index in [2.05, 4.69) is 15.4 Å². The number of amides is 1. The number of fused-ring (bicyclic) bond motifs is 1. The van der Waals surface area contributed by atoms with E-state index in [0.29, 0.717) is 32.0 Å². The van der Waals surface area contributed by atoms with Crippen LogP contribution in [0.25, 0.3) is 15.5 Å². The number of methoxy groups -OCH3 is 1. The fraction of sp³-hybridized carbons (Fsp3) is 0.100. The molecule has 9 heteroatoms. The van der Waals surface area contributed by atoms with Gasteiger partial charge in [0.1, 0.15) is 10.8 Å². The molecule has 0 atom stereocenters. The third kappa shape index (κ3) is 4.13. The topological polar surface area (TPSA) is 85.6 Å². The van der Waals surface area contributed by atoms with Crippen molar-refractivity contribution in [3.8, 4) is 16.3 Å². The molecule has 0 saturated heterocycles. The molecule has 0 fully saturated rings. The van der Waals surface area contributed by atoms with Crippen molar-refractivity contribution in [3.05, 3.63) is 81.2 Å². The van der Waals surface area contributed by atoms with Crippen molar-refractivity contribution in [2.75, 3.05) is 7.11 Å². The Morgan fingerprint density at radius 1 is 1.21 bits per heavy atom. The highest BCUT2D eigenvalue weighted by Gasteiger charge is 2.12. The summed E-state index contributed by atoms with van der Waals surface area (Å²) in [5.41, 5.74) is 1.44. The molecule has 1 N–H and O–H groups in total. The highest BCUT2D eigenvalue weighted by molar-refractivity contribution is 7.19. The lowest BCUT2D eigenvalue weighted by Gasteiger charge is -2.05. The number of ether oxygens (including phenoxy) is 1. The van der Waals surface area contributed by atoms with Crippen molar-refractivity contribution in [1.29, 1.82) is 0 Å². The maximum atomic E-state index is 12.4. The summed E-state index contributed by atoms with van der Waals surface area (Å²) in [4.78, 5) is 29.6. The predicted molar refractivity (Wildman–Crippen MR) is 112 cm³/mol. The lowest BCUT2D eigenvalue weighted by molar-refractivity contribution is 0.0950. The van der Waals surface area contributed by atoms with Gasteiger partial charge in [0.05, 0.1) is 19.3 Å². The van der Waals surface area contributed by atoms with Crippen LogP contribution in [0.3, 0.4) is 0 Å². The fourth-order valence-corrected chi connectivity index (χ4v) is 3.81. The maximum Gasteiger partial charge on any atom is 0.275 e. The molecule has 0 aliphatic carbocycles. The van der Waals surface area contributed by atoms with Gasteiger partial charge >= 0.3 is 0 Å². The SMILES string of the molecule is COc1ccc(C(=O)NCc2cc(=O)n3nc(-c4cccc(Cl)c4)sc3n2)cc1. The molecule has 0 aliphatic rings. The second kappa shape index (κ2) is 8.02. The summed E-state index contributed by atoms with van der Waals surface area (Å²) < 4.78 is 6.33. The van der Waals surface area contributed by atoms with Crippen LogP contribution in [0.5, 0.6) is 5.75 Å². The Morgan fingerprint density at radius 3 is 2.72 bits per heavy atom. The molecule has 0 unspecified atom stereocenters. The zero-order valence-electron chi connectivity index (χ0n) is 15.3. The smallest absolute Gasteiger partial charge is 0.275 e.